The second-order valence-electron chi connectivity index (χ2n) is 4.24. The van der Waals surface area contributed by atoms with Gasteiger partial charge in [0.25, 0.3) is 0 Å². The Hall–Kier alpha value is -1.71. The van der Waals surface area contributed by atoms with E-state index in [2.05, 4.69) is 9.89 Å². The van der Waals surface area contributed by atoms with Crippen LogP contribution in [0.15, 0.2) is 23.2 Å². The Morgan fingerprint density at radius 2 is 2.06 bits per heavy atom. The van der Waals surface area contributed by atoms with E-state index in [1.54, 1.807) is 0 Å². The molecular weight excluding hydrogens is 202 g/mol. The highest BCUT2D eigenvalue weighted by Crippen LogP contribution is 2.33. The van der Waals surface area contributed by atoms with E-state index in [0.29, 0.717) is 6.61 Å². The molecule has 0 atom stereocenters. The third-order valence-electron chi connectivity index (χ3n) is 3.06. The molecule has 2 heterocycles. The van der Waals surface area contributed by atoms with Crippen LogP contribution in [0, 0.1) is 0 Å². The minimum absolute atomic E-state index is 0.580. The van der Waals surface area contributed by atoms with Crippen molar-refractivity contribution >= 4 is 17.2 Å². The van der Waals surface area contributed by atoms with Crippen molar-refractivity contribution in [2.75, 3.05) is 25.4 Å². The zero-order valence-electron chi connectivity index (χ0n) is 9.15. The summed E-state index contributed by atoms with van der Waals surface area (Å²) in [7, 11) is 0. The fourth-order valence-electron chi connectivity index (χ4n) is 2.19. The van der Waals surface area contributed by atoms with Crippen molar-refractivity contribution < 1.29 is 4.74 Å². The summed E-state index contributed by atoms with van der Waals surface area (Å²) in [6.07, 6.45) is 2.51. The second kappa shape index (κ2) is 3.70. The van der Waals surface area contributed by atoms with Gasteiger partial charge in [-0.2, -0.15) is 0 Å². The molecule has 4 nitrogen and oxygen atoms in total. The topological polar surface area (TPSA) is 50.8 Å². The number of nitrogens with zero attached hydrogens (tertiary/aromatic N) is 2. The number of ether oxygens (including phenoxy) is 1. The molecule has 4 heteroatoms. The molecule has 0 radical (unpaired) electrons. The van der Waals surface area contributed by atoms with Crippen LogP contribution in [0.4, 0.5) is 11.4 Å². The highest BCUT2D eigenvalue weighted by Gasteiger charge is 2.20. The Balaban J connectivity index is 1.93. The van der Waals surface area contributed by atoms with E-state index in [-0.39, 0.29) is 0 Å². The van der Waals surface area contributed by atoms with Crippen LogP contribution in [0.25, 0.3) is 0 Å². The maximum Gasteiger partial charge on any atom is 0.146 e. The van der Waals surface area contributed by atoms with Crippen LogP contribution >= 0.6 is 0 Å². The third-order valence-corrected chi connectivity index (χ3v) is 3.06. The quantitative estimate of drug-likeness (QED) is 0.674. The first-order chi connectivity index (χ1) is 7.83. The average Bonchev–Trinajstić information content (AvgIpc) is 2.81. The van der Waals surface area contributed by atoms with Crippen LogP contribution < -0.4 is 10.5 Å². The van der Waals surface area contributed by atoms with Gasteiger partial charge in [0, 0.05) is 18.8 Å². The van der Waals surface area contributed by atoms with E-state index >= 15 is 0 Å². The standard InChI is InChI=1S/C12H15N3O/c13-9-3-4-11-10(7-9)14-12(8-16-11)15-5-1-2-6-15/h3-4,7H,1-2,5-6,8,13H2. The van der Waals surface area contributed by atoms with Gasteiger partial charge in [0.05, 0.1) is 0 Å². The van der Waals surface area contributed by atoms with E-state index in [1.807, 2.05) is 18.2 Å². The zero-order chi connectivity index (χ0) is 11.0. The molecule has 0 saturated carbocycles. The van der Waals surface area contributed by atoms with Crippen molar-refractivity contribution in [2.24, 2.45) is 4.99 Å². The fraction of sp³-hybridized carbons (Fsp3) is 0.417. The molecule has 1 aromatic carbocycles. The highest BCUT2D eigenvalue weighted by atomic mass is 16.5. The summed E-state index contributed by atoms with van der Waals surface area (Å²) >= 11 is 0. The van der Waals surface area contributed by atoms with Crippen molar-refractivity contribution in [3.63, 3.8) is 0 Å². The largest absolute Gasteiger partial charge is 0.483 e. The summed E-state index contributed by atoms with van der Waals surface area (Å²) in [5.41, 5.74) is 7.33. The lowest BCUT2D eigenvalue weighted by atomic mass is 10.2. The fourth-order valence-corrected chi connectivity index (χ4v) is 2.19. The number of likely N-dealkylation sites (tertiary alicyclic amines) is 1. The van der Waals surface area contributed by atoms with Crippen LogP contribution in [0.5, 0.6) is 5.75 Å². The minimum Gasteiger partial charge on any atom is -0.483 e. The van der Waals surface area contributed by atoms with Gasteiger partial charge in [-0.05, 0) is 31.0 Å². The molecule has 16 heavy (non-hydrogen) atoms. The van der Waals surface area contributed by atoms with Gasteiger partial charge in [-0.3, -0.25) is 0 Å². The van der Waals surface area contributed by atoms with E-state index in [9.17, 15) is 0 Å². The van der Waals surface area contributed by atoms with Gasteiger partial charge in [-0.1, -0.05) is 0 Å². The second-order valence-corrected chi connectivity index (χ2v) is 4.24. The molecule has 0 aromatic heterocycles. The molecule has 1 saturated heterocycles. The Morgan fingerprint density at radius 1 is 1.25 bits per heavy atom. The van der Waals surface area contributed by atoms with Crippen molar-refractivity contribution in [3.8, 4) is 5.75 Å². The molecule has 0 spiro atoms. The first-order valence-electron chi connectivity index (χ1n) is 5.68. The Bertz CT molecular complexity index is 436. The average molecular weight is 217 g/mol. The summed E-state index contributed by atoms with van der Waals surface area (Å²) in [4.78, 5) is 6.92. The van der Waals surface area contributed by atoms with E-state index in [1.165, 1.54) is 12.8 Å². The van der Waals surface area contributed by atoms with Crippen molar-refractivity contribution in [1.82, 2.24) is 4.90 Å². The summed E-state index contributed by atoms with van der Waals surface area (Å²) < 4.78 is 5.68. The number of aliphatic imine (C=N–C) groups is 1. The van der Waals surface area contributed by atoms with Gasteiger partial charge < -0.3 is 15.4 Å². The normalized spacial score (nSPS) is 19.0. The molecule has 0 unspecified atom stereocenters. The van der Waals surface area contributed by atoms with E-state index in [0.717, 1.165) is 36.0 Å². The van der Waals surface area contributed by atoms with Crippen LogP contribution in [0.1, 0.15) is 12.8 Å². The van der Waals surface area contributed by atoms with Crippen molar-refractivity contribution in [1.29, 1.82) is 0 Å². The van der Waals surface area contributed by atoms with Gasteiger partial charge in [-0.15, -0.1) is 0 Å². The van der Waals surface area contributed by atoms with Gasteiger partial charge >= 0.3 is 0 Å². The highest BCUT2D eigenvalue weighted by molar-refractivity contribution is 5.89. The number of amidine groups is 1. The monoisotopic (exact) mass is 217 g/mol. The van der Waals surface area contributed by atoms with Crippen LogP contribution in [-0.2, 0) is 0 Å². The van der Waals surface area contributed by atoms with Crippen molar-refractivity contribution in [2.45, 2.75) is 12.8 Å². The molecule has 0 aliphatic carbocycles. The van der Waals surface area contributed by atoms with Gasteiger partial charge in [0.1, 0.15) is 23.9 Å². The molecule has 2 aliphatic heterocycles. The van der Waals surface area contributed by atoms with E-state index in [4.69, 9.17) is 10.5 Å². The number of anilines is 1. The van der Waals surface area contributed by atoms with Gasteiger partial charge in [0.2, 0.25) is 0 Å². The summed E-state index contributed by atoms with van der Waals surface area (Å²) in [5, 5.41) is 0. The first-order valence-corrected chi connectivity index (χ1v) is 5.68. The Morgan fingerprint density at radius 3 is 2.88 bits per heavy atom. The summed E-state index contributed by atoms with van der Waals surface area (Å²) in [6.45, 7) is 2.77. The molecule has 3 rings (SSSR count). The zero-order valence-corrected chi connectivity index (χ0v) is 9.15. The summed E-state index contributed by atoms with van der Waals surface area (Å²) in [5.74, 6) is 1.87. The minimum atomic E-state index is 0.580. The Kier molecular flexibility index (Phi) is 2.20. The SMILES string of the molecule is Nc1ccc2c(c1)N=C(N1CCCC1)CO2. The van der Waals surface area contributed by atoms with E-state index < -0.39 is 0 Å². The van der Waals surface area contributed by atoms with Crippen LogP contribution in [-0.4, -0.2) is 30.4 Å². The molecule has 0 bridgehead atoms. The van der Waals surface area contributed by atoms with Gasteiger partial charge in [0.15, 0.2) is 0 Å². The maximum absolute atomic E-state index is 5.74. The number of hydrogen-bond acceptors (Lipinski definition) is 4. The molecule has 84 valence electrons. The van der Waals surface area contributed by atoms with Crippen LogP contribution in [0.2, 0.25) is 0 Å². The lowest BCUT2D eigenvalue weighted by Crippen LogP contribution is -2.33. The molecule has 0 amide bonds. The maximum atomic E-state index is 5.74. The van der Waals surface area contributed by atoms with Gasteiger partial charge in [-0.25, -0.2) is 4.99 Å². The van der Waals surface area contributed by atoms with Crippen LogP contribution in [0.3, 0.4) is 0 Å². The summed E-state index contributed by atoms with van der Waals surface area (Å²) in [6, 6.07) is 5.59. The predicted octanol–water partition coefficient (Wildman–Crippen LogP) is 1.79. The first kappa shape index (κ1) is 9.51. The molecule has 2 aliphatic rings. The molecule has 1 aromatic rings. The smallest absolute Gasteiger partial charge is 0.146 e. The number of hydrogen-bond donors (Lipinski definition) is 1. The molecular formula is C12H15N3O. The number of nitrogen functional groups attached to an aromatic ring is 1. The Labute approximate surface area is 94.7 Å². The number of nitrogens with two attached hydrogens (primary N) is 1. The number of rotatable bonds is 0. The number of benzene rings is 1. The lowest BCUT2D eigenvalue weighted by molar-refractivity contribution is 0.345. The number of fused-ring (bicyclic) bond motifs is 1. The lowest BCUT2D eigenvalue weighted by Gasteiger charge is -2.24. The molecule has 2 N–H and O–H groups in total. The van der Waals surface area contributed by atoms with Crippen molar-refractivity contribution in [3.05, 3.63) is 18.2 Å². The molecule has 1 fully saturated rings. The third kappa shape index (κ3) is 1.60. The predicted molar refractivity (Wildman–Crippen MR) is 64.3 cm³/mol.